The Balaban J connectivity index is 2.12. The van der Waals surface area contributed by atoms with Gasteiger partial charge in [-0.05, 0) is 31.9 Å². The fraction of sp³-hybridized carbons (Fsp3) is 0.429. The minimum absolute atomic E-state index is 0.289. The molecular weight excluding hydrogens is 242 g/mol. The number of rotatable bonds is 2. The molecule has 0 unspecified atom stereocenters. The van der Waals surface area contributed by atoms with E-state index >= 15 is 0 Å². The van der Waals surface area contributed by atoms with Crippen molar-refractivity contribution in [3.63, 3.8) is 0 Å². The molecule has 98 valence electrons. The van der Waals surface area contributed by atoms with Crippen LogP contribution in [0.25, 0.3) is 0 Å². The lowest BCUT2D eigenvalue weighted by Gasteiger charge is -2.35. The van der Waals surface area contributed by atoms with Gasteiger partial charge in [0.1, 0.15) is 0 Å². The molecule has 1 saturated heterocycles. The van der Waals surface area contributed by atoms with Crippen molar-refractivity contribution < 1.29 is 9.59 Å². The Hall–Kier alpha value is -2.22. The number of nitrogens with zero attached hydrogens (tertiary/aromatic N) is 3. The van der Waals surface area contributed by atoms with Gasteiger partial charge in [0.25, 0.3) is 11.7 Å². The first-order chi connectivity index (χ1) is 9.06. The SMILES string of the molecule is C[C@]1(C#N)CCCN(C(=O)C(=O)c2cccnc2)C1. The van der Waals surface area contributed by atoms with E-state index in [9.17, 15) is 9.59 Å². The standard InChI is InChI=1S/C14H15N3O2/c1-14(9-15)5-3-7-17(10-14)13(19)12(18)11-4-2-6-16-8-11/h2,4,6,8H,3,5,7,10H2,1H3/t14-/m1/s1. The number of nitriles is 1. The van der Waals surface area contributed by atoms with Crippen LogP contribution in [0.1, 0.15) is 30.1 Å². The quantitative estimate of drug-likeness (QED) is 0.593. The molecule has 1 amide bonds. The molecule has 0 spiro atoms. The summed E-state index contributed by atoms with van der Waals surface area (Å²) < 4.78 is 0. The van der Waals surface area contributed by atoms with Crippen molar-refractivity contribution >= 4 is 11.7 Å². The second-order valence-electron chi connectivity index (χ2n) is 5.07. The number of pyridine rings is 1. The molecule has 0 aromatic carbocycles. The van der Waals surface area contributed by atoms with E-state index in [2.05, 4.69) is 11.1 Å². The Labute approximate surface area is 111 Å². The molecule has 1 fully saturated rings. The van der Waals surface area contributed by atoms with Gasteiger partial charge in [-0.2, -0.15) is 5.26 Å². The predicted molar refractivity (Wildman–Crippen MR) is 68.1 cm³/mol. The summed E-state index contributed by atoms with van der Waals surface area (Å²) in [5, 5.41) is 9.12. The van der Waals surface area contributed by atoms with Crippen LogP contribution in [-0.4, -0.2) is 34.7 Å². The molecule has 0 N–H and O–H groups in total. The van der Waals surface area contributed by atoms with Crippen molar-refractivity contribution in [2.24, 2.45) is 5.41 Å². The molecule has 2 heterocycles. The molecule has 1 aliphatic heterocycles. The highest BCUT2D eigenvalue weighted by molar-refractivity contribution is 6.42. The second-order valence-corrected chi connectivity index (χ2v) is 5.07. The highest BCUT2D eigenvalue weighted by Gasteiger charge is 2.35. The maximum atomic E-state index is 12.1. The number of amides is 1. The monoisotopic (exact) mass is 257 g/mol. The number of carbonyl (C=O) groups is 2. The van der Waals surface area contributed by atoms with Crippen molar-refractivity contribution in [1.29, 1.82) is 5.26 Å². The fourth-order valence-electron chi connectivity index (χ4n) is 2.27. The Morgan fingerprint density at radius 1 is 1.53 bits per heavy atom. The summed E-state index contributed by atoms with van der Waals surface area (Å²) in [5.74, 6) is -1.11. The van der Waals surface area contributed by atoms with Crippen LogP contribution in [0.15, 0.2) is 24.5 Å². The molecule has 1 aromatic heterocycles. The van der Waals surface area contributed by atoms with E-state index in [0.29, 0.717) is 13.1 Å². The van der Waals surface area contributed by atoms with Gasteiger partial charge in [-0.3, -0.25) is 14.6 Å². The van der Waals surface area contributed by atoms with E-state index in [1.807, 2.05) is 6.92 Å². The summed E-state index contributed by atoms with van der Waals surface area (Å²) in [7, 11) is 0. The molecule has 19 heavy (non-hydrogen) atoms. The van der Waals surface area contributed by atoms with Gasteiger partial charge in [-0.25, -0.2) is 0 Å². The minimum atomic E-state index is -0.560. The van der Waals surface area contributed by atoms with Crippen LogP contribution in [0.3, 0.4) is 0 Å². The van der Waals surface area contributed by atoms with Crippen LogP contribution >= 0.6 is 0 Å². The Morgan fingerprint density at radius 3 is 2.95 bits per heavy atom. The zero-order chi connectivity index (χ0) is 13.9. The molecule has 1 aromatic rings. The lowest BCUT2D eigenvalue weighted by atomic mass is 9.83. The third-order valence-electron chi connectivity index (χ3n) is 3.37. The lowest BCUT2D eigenvalue weighted by Crippen LogP contribution is -2.46. The summed E-state index contributed by atoms with van der Waals surface area (Å²) in [4.78, 5) is 29.5. The van der Waals surface area contributed by atoms with Gasteiger partial charge in [0.05, 0.1) is 11.5 Å². The first-order valence-electron chi connectivity index (χ1n) is 6.21. The van der Waals surface area contributed by atoms with Crippen molar-refractivity contribution in [2.45, 2.75) is 19.8 Å². The molecular formula is C14H15N3O2. The van der Waals surface area contributed by atoms with E-state index in [1.54, 1.807) is 18.3 Å². The third-order valence-corrected chi connectivity index (χ3v) is 3.37. The van der Waals surface area contributed by atoms with Crippen molar-refractivity contribution in [3.05, 3.63) is 30.1 Å². The Morgan fingerprint density at radius 2 is 2.32 bits per heavy atom. The van der Waals surface area contributed by atoms with E-state index in [1.165, 1.54) is 11.1 Å². The molecule has 0 aliphatic carbocycles. The Bertz CT molecular complexity index is 535. The first-order valence-corrected chi connectivity index (χ1v) is 6.21. The van der Waals surface area contributed by atoms with Gasteiger partial charge in [0.2, 0.25) is 0 Å². The van der Waals surface area contributed by atoms with Gasteiger partial charge >= 0.3 is 0 Å². The van der Waals surface area contributed by atoms with Crippen LogP contribution < -0.4 is 0 Å². The van der Waals surface area contributed by atoms with E-state index in [-0.39, 0.29) is 5.56 Å². The number of hydrogen-bond acceptors (Lipinski definition) is 4. The van der Waals surface area contributed by atoms with Gasteiger partial charge in [0, 0.05) is 31.0 Å². The smallest absolute Gasteiger partial charge is 0.295 e. The van der Waals surface area contributed by atoms with Crippen LogP contribution in [0.5, 0.6) is 0 Å². The molecule has 0 bridgehead atoms. The summed E-state index contributed by atoms with van der Waals surface area (Å²) in [6.45, 7) is 2.66. The number of aromatic nitrogens is 1. The van der Waals surface area contributed by atoms with Gasteiger partial charge in [0.15, 0.2) is 0 Å². The highest BCUT2D eigenvalue weighted by atomic mass is 16.2. The van der Waals surface area contributed by atoms with Gasteiger partial charge in [-0.15, -0.1) is 0 Å². The number of carbonyl (C=O) groups excluding carboxylic acids is 2. The van der Waals surface area contributed by atoms with Crippen molar-refractivity contribution in [2.75, 3.05) is 13.1 Å². The summed E-state index contributed by atoms with van der Waals surface area (Å²) in [6, 6.07) is 5.42. The minimum Gasteiger partial charge on any atom is -0.334 e. The summed E-state index contributed by atoms with van der Waals surface area (Å²) >= 11 is 0. The largest absolute Gasteiger partial charge is 0.334 e. The Kier molecular flexibility index (Phi) is 3.61. The van der Waals surface area contributed by atoms with Crippen molar-refractivity contribution in [3.8, 4) is 6.07 Å². The number of hydrogen-bond donors (Lipinski definition) is 0. The summed E-state index contributed by atoms with van der Waals surface area (Å²) in [6.07, 6.45) is 4.44. The van der Waals surface area contributed by atoms with Crippen LogP contribution in [0.4, 0.5) is 0 Å². The number of likely N-dealkylation sites (tertiary alicyclic amines) is 1. The van der Waals surface area contributed by atoms with Crippen LogP contribution in [0, 0.1) is 16.7 Å². The molecule has 0 radical (unpaired) electrons. The normalized spacial score (nSPS) is 22.6. The average molecular weight is 257 g/mol. The van der Waals surface area contributed by atoms with E-state index < -0.39 is 17.1 Å². The second kappa shape index (κ2) is 5.19. The average Bonchev–Trinajstić information content (AvgIpc) is 2.46. The third kappa shape index (κ3) is 2.79. The molecule has 1 atom stereocenters. The van der Waals surface area contributed by atoms with E-state index in [4.69, 9.17) is 5.26 Å². The number of piperidine rings is 1. The molecule has 5 nitrogen and oxygen atoms in total. The molecule has 2 rings (SSSR count). The van der Waals surface area contributed by atoms with Gasteiger partial charge in [-0.1, -0.05) is 0 Å². The molecule has 1 aliphatic rings. The zero-order valence-electron chi connectivity index (χ0n) is 10.8. The maximum Gasteiger partial charge on any atom is 0.295 e. The van der Waals surface area contributed by atoms with Crippen LogP contribution in [0.2, 0.25) is 0 Å². The lowest BCUT2D eigenvalue weighted by molar-refractivity contribution is -0.128. The highest BCUT2D eigenvalue weighted by Crippen LogP contribution is 2.28. The topological polar surface area (TPSA) is 74.1 Å². The molecule has 5 heteroatoms. The maximum absolute atomic E-state index is 12.1. The van der Waals surface area contributed by atoms with Crippen molar-refractivity contribution in [1.82, 2.24) is 9.88 Å². The number of ketones is 1. The molecule has 0 saturated carbocycles. The predicted octanol–water partition coefficient (Wildman–Crippen LogP) is 1.42. The number of Topliss-reactive ketones (excluding diaryl/α,β-unsaturated/α-hetero) is 1. The zero-order valence-corrected chi connectivity index (χ0v) is 10.8. The van der Waals surface area contributed by atoms with E-state index in [0.717, 1.165) is 12.8 Å². The fourth-order valence-corrected chi connectivity index (χ4v) is 2.27. The summed E-state index contributed by atoms with van der Waals surface area (Å²) in [5.41, 5.74) is -0.264. The first kappa shape index (κ1) is 13.2. The van der Waals surface area contributed by atoms with Gasteiger partial charge < -0.3 is 4.90 Å². The van der Waals surface area contributed by atoms with Crippen LogP contribution in [-0.2, 0) is 4.79 Å².